The van der Waals surface area contributed by atoms with Crippen LogP contribution in [0.15, 0.2) is 48.0 Å². The van der Waals surface area contributed by atoms with Crippen molar-refractivity contribution in [1.29, 1.82) is 0 Å². The smallest absolute Gasteiger partial charge is 0.253 e. The van der Waals surface area contributed by atoms with E-state index in [1.165, 1.54) is 5.57 Å². The maximum absolute atomic E-state index is 12.4. The number of carbonyl (C=O) groups excluding carboxylic acids is 1. The molecule has 0 saturated heterocycles. The van der Waals surface area contributed by atoms with Crippen LogP contribution >= 0.6 is 0 Å². The topological polar surface area (TPSA) is 69.8 Å². The van der Waals surface area contributed by atoms with E-state index in [2.05, 4.69) is 46.8 Å². The quantitative estimate of drug-likeness (QED) is 0.543. The second kappa shape index (κ2) is 5.73. The third-order valence-electron chi connectivity index (χ3n) is 5.32. The maximum atomic E-state index is 12.4. The van der Waals surface area contributed by atoms with Gasteiger partial charge in [-0.15, -0.1) is 0 Å². The molecule has 0 spiro atoms. The molecule has 3 N–H and O–H groups in total. The molecule has 4 bridgehead atoms. The van der Waals surface area contributed by atoms with Crippen molar-refractivity contribution in [2.75, 3.05) is 18.4 Å². The molecule has 3 aromatic rings. The van der Waals surface area contributed by atoms with Crippen molar-refractivity contribution in [3.8, 4) is 11.3 Å². The largest absolute Gasteiger partial charge is 0.366 e. The molecule has 0 radical (unpaired) electrons. The predicted molar refractivity (Wildman–Crippen MR) is 103 cm³/mol. The van der Waals surface area contributed by atoms with Gasteiger partial charge in [0.25, 0.3) is 5.91 Å². The Morgan fingerprint density at radius 3 is 2.96 bits per heavy atom. The van der Waals surface area contributed by atoms with Gasteiger partial charge in [0.1, 0.15) is 5.82 Å². The zero-order valence-electron chi connectivity index (χ0n) is 14.6. The number of benzene rings is 1. The summed E-state index contributed by atoms with van der Waals surface area (Å²) in [5, 5.41) is 7.53. The molecular weight excluding hydrogens is 324 g/mol. The second-order valence-corrected chi connectivity index (χ2v) is 7.13. The van der Waals surface area contributed by atoms with E-state index in [1.807, 2.05) is 18.2 Å². The van der Waals surface area contributed by atoms with Gasteiger partial charge in [-0.2, -0.15) is 0 Å². The highest BCUT2D eigenvalue weighted by Gasteiger charge is 2.28. The number of anilines is 1. The number of H-pyrrole nitrogens is 1. The zero-order valence-corrected chi connectivity index (χ0v) is 14.6. The van der Waals surface area contributed by atoms with Crippen molar-refractivity contribution >= 4 is 22.6 Å². The summed E-state index contributed by atoms with van der Waals surface area (Å²) in [5.74, 6) is 1.13. The first-order chi connectivity index (χ1) is 12.7. The molecule has 1 aromatic carbocycles. The molecule has 130 valence electrons. The van der Waals surface area contributed by atoms with Gasteiger partial charge in [0.15, 0.2) is 0 Å². The highest BCUT2D eigenvalue weighted by atomic mass is 16.1. The number of nitrogens with one attached hydrogen (secondary N) is 3. The maximum Gasteiger partial charge on any atom is 0.253 e. The fourth-order valence-electron chi connectivity index (χ4n) is 3.85. The van der Waals surface area contributed by atoms with E-state index in [-0.39, 0.29) is 11.8 Å². The van der Waals surface area contributed by atoms with E-state index < -0.39 is 0 Å². The van der Waals surface area contributed by atoms with E-state index >= 15 is 0 Å². The SMILES string of the molecule is CC1=CCC2CNC(=O)c3cc([nH]c32)-c2cccc3ccc(nc23)NC1. The first-order valence-electron chi connectivity index (χ1n) is 9.00. The lowest BCUT2D eigenvalue weighted by atomic mass is 9.93. The van der Waals surface area contributed by atoms with Crippen LogP contribution < -0.4 is 10.6 Å². The summed E-state index contributed by atoms with van der Waals surface area (Å²) in [5.41, 5.74) is 5.97. The fourth-order valence-corrected chi connectivity index (χ4v) is 3.85. The first-order valence-corrected chi connectivity index (χ1v) is 9.00. The van der Waals surface area contributed by atoms with Gasteiger partial charge in [0.05, 0.1) is 11.1 Å². The van der Waals surface area contributed by atoms with Crippen LogP contribution in [0.3, 0.4) is 0 Å². The number of para-hydroxylation sites is 1. The van der Waals surface area contributed by atoms with Crippen LogP contribution in [0.25, 0.3) is 22.2 Å². The van der Waals surface area contributed by atoms with E-state index in [0.29, 0.717) is 6.54 Å². The minimum absolute atomic E-state index is 0.00194. The molecule has 0 fully saturated rings. The van der Waals surface area contributed by atoms with Crippen molar-refractivity contribution in [3.63, 3.8) is 0 Å². The molecule has 1 atom stereocenters. The Hall–Kier alpha value is -3.08. The minimum Gasteiger partial charge on any atom is -0.366 e. The van der Waals surface area contributed by atoms with E-state index in [0.717, 1.165) is 52.2 Å². The van der Waals surface area contributed by atoms with Crippen molar-refractivity contribution in [1.82, 2.24) is 15.3 Å². The molecule has 4 heterocycles. The average Bonchev–Trinajstić information content (AvgIpc) is 3.11. The highest BCUT2D eigenvalue weighted by molar-refractivity contribution is 6.00. The van der Waals surface area contributed by atoms with E-state index in [9.17, 15) is 4.79 Å². The summed E-state index contributed by atoms with van der Waals surface area (Å²) >= 11 is 0. The number of aromatic nitrogens is 2. The number of aromatic amines is 1. The van der Waals surface area contributed by atoms with Crippen molar-refractivity contribution < 1.29 is 4.79 Å². The Kier molecular flexibility index (Phi) is 3.35. The molecule has 5 rings (SSSR count). The summed E-state index contributed by atoms with van der Waals surface area (Å²) < 4.78 is 0. The van der Waals surface area contributed by atoms with Crippen LogP contribution in [-0.2, 0) is 0 Å². The zero-order chi connectivity index (χ0) is 17.7. The van der Waals surface area contributed by atoms with Crippen LogP contribution in [0.5, 0.6) is 0 Å². The second-order valence-electron chi connectivity index (χ2n) is 7.13. The van der Waals surface area contributed by atoms with Gasteiger partial charge < -0.3 is 15.6 Å². The molecule has 5 nitrogen and oxygen atoms in total. The summed E-state index contributed by atoms with van der Waals surface area (Å²) in [4.78, 5) is 20.7. The van der Waals surface area contributed by atoms with Crippen molar-refractivity contribution in [2.45, 2.75) is 19.3 Å². The van der Waals surface area contributed by atoms with Gasteiger partial charge in [-0.1, -0.05) is 29.8 Å². The minimum atomic E-state index is 0.00194. The number of amides is 1. The molecule has 2 aromatic heterocycles. The lowest BCUT2D eigenvalue weighted by Crippen LogP contribution is -2.34. The van der Waals surface area contributed by atoms with Gasteiger partial charge in [-0.3, -0.25) is 4.79 Å². The van der Waals surface area contributed by atoms with Gasteiger partial charge in [-0.05, 0) is 31.5 Å². The summed E-state index contributed by atoms with van der Waals surface area (Å²) in [6.45, 7) is 3.56. The molecule has 2 aliphatic heterocycles. The molecular formula is C21H20N4O. The number of rotatable bonds is 0. The van der Waals surface area contributed by atoms with Crippen LogP contribution in [0.1, 0.15) is 35.3 Å². The Labute approximate surface area is 151 Å². The lowest BCUT2D eigenvalue weighted by Gasteiger charge is -2.22. The van der Waals surface area contributed by atoms with E-state index in [1.54, 1.807) is 0 Å². The molecule has 0 aliphatic carbocycles. The van der Waals surface area contributed by atoms with Crippen LogP contribution in [0.2, 0.25) is 0 Å². The predicted octanol–water partition coefficient (Wildman–Crippen LogP) is 3.82. The number of carbonyl (C=O) groups is 1. The third kappa shape index (κ3) is 2.39. The number of hydrogen-bond acceptors (Lipinski definition) is 3. The van der Waals surface area contributed by atoms with Gasteiger partial charge in [-0.25, -0.2) is 4.98 Å². The van der Waals surface area contributed by atoms with Crippen molar-refractivity contribution in [2.24, 2.45) is 0 Å². The Bertz CT molecular complexity index is 1060. The fraction of sp³-hybridized carbons (Fsp3) is 0.238. The molecule has 2 aliphatic rings. The Morgan fingerprint density at radius 1 is 1.12 bits per heavy atom. The number of allylic oxidation sites excluding steroid dienone is 1. The van der Waals surface area contributed by atoms with Gasteiger partial charge in [0, 0.05) is 41.3 Å². The molecule has 0 saturated carbocycles. The van der Waals surface area contributed by atoms with Crippen LogP contribution in [0, 0.1) is 0 Å². The molecule has 26 heavy (non-hydrogen) atoms. The monoisotopic (exact) mass is 344 g/mol. The molecule has 5 heteroatoms. The number of pyridine rings is 1. The van der Waals surface area contributed by atoms with Crippen LogP contribution in [0.4, 0.5) is 5.82 Å². The summed E-state index contributed by atoms with van der Waals surface area (Å²) in [7, 11) is 0. The normalized spacial score (nSPS) is 19.0. The van der Waals surface area contributed by atoms with Gasteiger partial charge in [0.2, 0.25) is 0 Å². The Morgan fingerprint density at radius 2 is 2.04 bits per heavy atom. The standard InChI is InChI=1S/C21H20N4O/c1-12-5-6-14-11-23-21(26)16-9-17(24-20(14)16)15-4-2-3-13-7-8-18(22-10-12)25-19(13)15/h2-5,7-9,14,24H,6,10-11H2,1H3,(H,22,25)(H,23,26). The lowest BCUT2D eigenvalue weighted by molar-refractivity contribution is 0.0940. The first kappa shape index (κ1) is 15.2. The molecule has 1 unspecified atom stereocenters. The van der Waals surface area contributed by atoms with Gasteiger partial charge >= 0.3 is 0 Å². The summed E-state index contributed by atoms with van der Waals surface area (Å²) in [6.07, 6.45) is 3.15. The number of nitrogens with zero attached hydrogens (tertiary/aromatic N) is 1. The van der Waals surface area contributed by atoms with Crippen molar-refractivity contribution in [3.05, 3.63) is 59.3 Å². The Balaban J connectivity index is 1.78. The molecule has 1 amide bonds. The number of fused-ring (bicyclic) bond motifs is 3. The number of hydrogen-bond donors (Lipinski definition) is 3. The third-order valence-corrected chi connectivity index (χ3v) is 5.32. The van der Waals surface area contributed by atoms with Crippen LogP contribution in [-0.4, -0.2) is 29.0 Å². The van der Waals surface area contributed by atoms with E-state index in [4.69, 9.17) is 4.98 Å². The average molecular weight is 344 g/mol. The highest BCUT2D eigenvalue weighted by Crippen LogP contribution is 2.34. The summed E-state index contributed by atoms with van der Waals surface area (Å²) in [6, 6.07) is 12.2.